The fraction of sp³-hybridized carbons (Fsp3) is 1.00. The minimum absolute atomic E-state index is 0.715. The summed E-state index contributed by atoms with van der Waals surface area (Å²) in [4.78, 5) is 2.43. The van der Waals surface area contributed by atoms with Crippen molar-refractivity contribution in [3.05, 3.63) is 0 Å². The Bertz CT molecular complexity index is 178. The lowest BCUT2D eigenvalue weighted by Gasteiger charge is -2.35. The highest BCUT2D eigenvalue weighted by molar-refractivity contribution is 4.84. The highest BCUT2D eigenvalue weighted by Gasteiger charge is 2.30. The number of hydrogen-bond donors (Lipinski definition) is 1. The van der Waals surface area contributed by atoms with Crippen molar-refractivity contribution in [3.8, 4) is 0 Å². The first kappa shape index (κ1) is 10.4. The molecule has 2 aliphatic heterocycles. The molecule has 0 aliphatic carbocycles. The molecule has 0 spiro atoms. The third kappa shape index (κ3) is 2.67. The molecule has 82 valence electrons. The van der Waals surface area contributed by atoms with Gasteiger partial charge >= 0.3 is 0 Å². The van der Waals surface area contributed by atoms with Crippen molar-refractivity contribution in [1.29, 1.82) is 0 Å². The van der Waals surface area contributed by atoms with Gasteiger partial charge in [-0.1, -0.05) is 0 Å². The van der Waals surface area contributed by atoms with E-state index in [-0.39, 0.29) is 0 Å². The molecule has 0 radical (unpaired) electrons. The standard InChI is InChI=1S/C11H21FN2/c1-11(12)3-6-14(7-4-11)9-10-2-5-13-8-10/h10,13H,2-9H2,1H3. The average Bonchev–Trinajstić information content (AvgIpc) is 2.61. The Morgan fingerprint density at radius 2 is 2.14 bits per heavy atom. The molecule has 0 aromatic rings. The normalized spacial score (nSPS) is 33.4. The lowest BCUT2D eigenvalue weighted by molar-refractivity contribution is 0.0673. The summed E-state index contributed by atoms with van der Waals surface area (Å²) in [6.45, 7) is 7.13. The molecule has 2 aliphatic rings. The van der Waals surface area contributed by atoms with Crippen LogP contribution in [0.1, 0.15) is 26.2 Å². The third-order valence-corrected chi connectivity index (χ3v) is 3.58. The molecule has 14 heavy (non-hydrogen) atoms. The van der Waals surface area contributed by atoms with Crippen molar-refractivity contribution in [2.75, 3.05) is 32.7 Å². The molecule has 1 N–H and O–H groups in total. The lowest BCUT2D eigenvalue weighted by Crippen LogP contribution is -2.42. The summed E-state index contributed by atoms with van der Waals surface area (Å²) in [6, 6.07) is 0. The predicted octanol–water partition coefficient (Wildman–Crippen LogP) is 1.42. The summed E-state index contributed by atoms with van der Waals surface area (Å²) in [5.41, 5.74) is -0.898. The molecule has 3 heteroatoms. The zero-order valence-corrected chi connectivity index (χ0v) is 9.06. The Labute approximate surface area is 85.9 Å². The van der Waals surface area contributed by atoms with E-state index in [9.17, 15) is 4.39 Å². The summed E-state index contributed by atoms with van der Waals surface area (Å²) >= 11 is 0. The van der Waals surface area contributed by atoms with Crippen LogP contribution < -0.4 is 5.32 Å². The summed E-state index contributed by atoms with van der Waals surface area (Å²) in [5, 5.41) is 3.38. The molecule has 2 fully saturated rings. The van der Waals surface area contributed by atoms with Gasteiger partial charge in [-0.15, -0.1) is 0 Å². The summed E-state index contributed by atoms with van der Waals surface area (Å²) in [5.74, 6) is 0.805. The summed E-state index contributed by atoms with van der Waals surface area (Å²) < 4.78 is 13.5. The number of piperidine rings is 1. The second kappa shape index (κ2) is 4.15. The average molecular weight is 200 g/mol. The smallest absolute Gasteiger partial charge is 0.110 e. The van der Waals surface area contributed by atoms with Gasteiger partial charge in [0.1, 0.15) is 5.67 Å². The predicted molar refractivity (Wildman–Crippen MR) is 56.2 cm³/mol. The van der Waals surface area contributed by atoms with E-state index >= 15 is 0 Å². The maximum atomic E-state index is 13.5. The number of halogens is 1. The van der Waals surface area contributed by atoms with Crippen LogP contribution in [0, 0.1) is 5.92 Å². The number of nitrogens with one attached hydrogen (secondary N) is 1. The van der Waals surface area contributed by atoms with Crippen molar-refractivity contribution >= 4 is 0 Å². The van der Waals surface area contributed by atoms with Crippen molar-refractivity contribution in [1.82, 2.24) is 10.2 Å². The molecule has 1 unspecified atom stereocenters. The van der Waals surface area contributed by atoms with Crippen molar-refractivity contribution in [2.24, 2.45) is 5.92 Å². The molecule has 0 aromatic heterocycles. The Hall–Kier alpha value is -0.150. The maximum absolute atomic E-state index is 13.5. The molecule has 2 nitrogen and oxygen atoms in total. The van der Waals surface area contributed by atoms with Gasteiger partial charge in [0.2, 0.25) is 0 Å². The number of likely N-dealkylation sites (tertiary alicyclic amines) is 1. The highest BCUT2D eigenvalue weighted by atomic mass is 19.1. The molecular formula is C11H21FN2. The quantitative estimate of drug-likeness (QED) is 0.725. The molecule has 2 rings (SSSR count). The molecule has 0 amide bonds. The Balaban J connectivity index is 1.72. The van der Waals surface area contributed by atoms with Gasteiger partial charge in [-0.3, -0.25) is 0 Å². The van der Waals surface area contributed by atoms with Crippen LogP contribution >= 0.6 is 0 Å². The highest BCUT2D eigenvalue weighted by Crippen LogP contribution is 2.26. The maximum Gasteiger partial charge on any atom is 0.110 e. The van der Waals surface area contributed by atoms with E-state index in [1.165, 1.54) is 19.5 Å². The fourth-order valence-electron chi connectivity index (χ4n) is 2.44. The minimum atomic E-state index is -0.898. The third-order valence-electron chi connectivity index (χ3n) is 3.58. The van der Waals surface area contributed by atoms with Crippen molar-refractivity contribution < 1.29 is 4.39 Å². The Morgan fingerprint density at radius 1 is 1.43 bits per heavy atom. The molecule has 0 bridgehead atoms. The van der Waals surface area contributed by atoms with Crippen LogP contribution in [0.2, 0.25) is 0 Å². The van der Waals surface area contributed by atoms with Crippen LogP contribution in [0.4, 0.5) is 4.39 Å². The van der Waals surface area contributed by atoms with E-state index in [4.69, 9.17) is 0 Å². The monoisotopic (exact) mass is 200 g/mol. The van der Waals surface area contributed by atoms with Crippen molar-refractivity contribution in [3.63, 3.8) is 0 Å². The first-order valence-corrected chi connectivity index (χ1v) is 5.78. The van der Waals surface area contributed by atoms with Gasteiger partial charge in [0.05, 0.1) is 0 Å². The Morgan fingerprint density at radius 3 is 2.71 bits per heavy atom. The molecule has 0 saturated carbocycles. The zero-order chi connectivity index (χ0) is 10.0. The van der Waals surface area contributed by atoms with Crippen LogP contribution in [0.5, 0.6) is 0 Å². The van der Waals surface area contributed by atoms with Gasteiger partial charge in [0.15, 0.2) is 0 Å². The Kier molecular flexibility index (Phi) is 3.07. The van der Waals surface area contributed by atoms with Gasteiger partial charge in [-0.05, 0) is 45.2 Å². The molecule has 0 aromatic carbocycles. The van der Waals surface area contributed by atoms with E-state index in [0.717, 1.165) is 25.6 Å². The molecule has 2 saturated heterocycles. The number of hydrogen-bond acceptors (Lipinski definition) is 2. The first-order chi connectivity index (χ1) is 6.66. The molecule has 2 heterocycles. The van der Waals surface area contributed by atoms with Crippen LogP contribution in [0.15, 0.2) is 0 Å². The lowest BCUT2D eigenvalue weighted by atomic mass is 9.95. The van der Waals surface area contributed by atoms with Gasteiger partial charge < -0.3 is 10.2 Å². The number of nitrogens with zero attached hydrogens (tertiary/aromatic N) is 1. The second-order valence-electron chi connectivity index (χ2n) is 5.07. The zero-order valence-electron chi connectivity index (χ0n) is 9.06. The van der Waals surface area contributed by atoms with E-state index < -0.39 is 5.67 Å². The molecular weight excluding hydrogens is 179 g/mol. The van der Waals surface area contributed by atoms with E-state index in [1.807, 2.05) is 0 Å². The van der Waals surface area contributed by atoms with Gasteiger partial charge in [0, 0.05) is 19.6 Å². The van der Waals surface area contributed by atoms with Gasteiger partial charge in [-0.25, -0.2) is 4.39 Å². The van der Waals surface area contributed by atoms with E-state index in [1.54, 1.807) is 6.92 Å². The SMILES string of the molecule is CC1(F)CCN(CC2CCNC2)CC1. The first-order valence-electron chi connectivity index (χ1n) is 5.78. The van der Waals surface area contributed by atoms with Gasteiger partial charge in [-0.2, -0.15) is 0 Å². The van der Waals surface area contributed by atoms with Crippen LogP contribution in [-0.4, -0.2) is 43.3 Å². The topological polar surface area (TPSA) is 15.3 Å². The minimum Gasteiger partial charge on any atom is -0.316 e. The van der Waals surface area contributed by atoms with Crippen molar-refractivity contribution in [2.45, 2.75) is 31.9 Å². The van der Waals surface area contributed by atoms with E-state index in [2.05, 4.69) is 10.2 Å². The van der Waals surface area contributed by atoms with E-state index in [0.29, 0.717) is 12.8 Å². The van der Waals surface area contributed by atoms with Crippen LogP contribution in [0.25, 0.3) is 0 Å². The number of alkyl halides is 1. The molecule has 1 atom stereocenters. The number of rotatable bonds is 2. The van der Waals surface area contributed by atoms with Gasteiger partial charge in [0.25, 0.3) is 0 Å². The van der Waals surface area contributed by atoms with Crippen LogP contribution in [0.3, 0.4) is 0 Å². The fourth-order valence-corrected chi connectivity index (χ4v) is 2.44. The second-order valence-corrected chi connectivity index (χ2v) is 5.07. The summed E-state index contributed by atoms with van der Waals surface area (Å²) in [6.07, 6.45) is 2.73. The summed E-state index contributed by atoms with van der Waals surface area (Å²) in [7, 11) is 0. The largest absolute Gasteiger partial charge is 0.316 e. The van der Waals surface area contributed by atoms with Crippen LogP contribution in [-0.2, 0) is 0 Å².